The van der Waals surface area contributed by atoms with E-state index in [4.69, 9.17) is 10.5 Å². The second-order valence-corrected chi connectivity index (χ2v) is 4.82. The number of azo groups is 1. The lowest BCUT2D eigenvalue weighted by molar-refractivity contribution is -0.111. The van der Waals surface area contributed by atoms with Crippen molar-refractivity contribution in [1.29, 1.82) is 0 Å². The Bertz CT molecular complexity index is 752. The van der Waals surface area contributed by atoms with Crippen LogP contribution < -0.4 is 15.8 Å². The monoisotopic (exact) mass is 310 g/mol. The highest BCUT2D eigenvalue weighted by Gasteiger charge is 2.05. The number of nitrogen functional groups attached to an aromatic ring is 1. The molecule has 0 aliphatic rings. The Morgan fingerprint density at radius 3 is 2.57 bits per heavy atom. The molecule has 0 heterocycles. The molecule has 2 aromatic carbocycles. The standard InChI is InChI=1S/C17H18N4O2/c1-4-17(22)19-12-5-7-13(8-6-12)20-21-15-10-16(23-3)14(18)9-11(15)2/h4-10H,1,18H2,2-3H3,(H,19,22). The summed E-state index contributed by atoms with van der Waals surface area (Å²) in [5.74, 6) is 0.302. The Hall–Kier alpha value is -3.15. The van der Waals surface area contributed by atoms with Gasteiger partial charge in [0.2, 0.25) is 5.91 Å². The van der Waals surface area contributed by atoms with Crippen molar-refractivity contribution in [2.45, 2.75) is 6.92 Å². The fraction of sp³-hybridized carbons (Fsp3) is 0.118. The van der Waals surface area contributed by atoms with E-state index in [1.807, 2.05) is 6.92 Å². The molecule has 0 saturated heterocycles. The minimum atomic E-state index is -0.260. The molecule has 0 spiro atoms. The summed E-state index contributed by atoms with van der Waals surface area (Å²) in [6.07, 6.45) is 1.21. The number of rotatable bonds is 5. The van der Waals surface area contributed by atoms with Gasteiger partial charge in [-0.2, -0.15) is 10.2 Å². The maximum absolute atomic E-state index is 11.2. The molecule has 0 fully saturated rings. The van der Waals surface area contributed by atoms with Crippen LogP contribution in [0, 0.1) is 6.92 Å². The average Bonchev–Trinajstić information content (AvgIpc) is 2.55. The summed E-state index contributed by atoms with van der Waals surface area (Å²) in [5, 5.41) is 11.1. The van der Waals surface area contributed by atoms with Gasteiger partial charge in [-0.1, -0.05) is 6.58 Å². The van der Waals surface area contributed by atoms with Crippen LogP contribution in [0.5, 0.6) is 5.75 Å². The van der Waals surface area contributed by atoms with Gasteiger partial charge in [-0.25, -0.2) is 0 Å². The summed E-state index contributed by atoms with van der Waals surface area (Å²) in [5.41, 5.74) is 9.31. The third-order valence-corrected chi connectivity index (χ3v) is 3.14. The first-order valence-electron chi connectivity index (χ1n) is 6.93. The van der Waals surface area contributed by atoms with Crippen LogP contribution in [0.1, 0.15) is 5.56 Å². The van der Waals surface area contributed by atoms with Crippen LogP contribution >= 0.6 is 0 Å². The van der Waals surface area contributed by atoms with Crippen molar-refractivity contribution in [3.8, 4) is 5.75 Å². The van der Waals surface area contributed by atoms with Crippen LogP contribution in [0.25, 0.3) is 0 Å². The number of carbonyl (C=O) groups excluding carboxylic acids is 1. The summed E-state index contributed by atoms with van der Waals surface area (Å²) < 4.78 is 5.18. The quantitative estimate of drug-likeness (QED) is 0.494. The van der Waals surface area contributed by atoms with E-state index in [9.17, 15) is 4.79 Å². The van der Waals surface area contributed by atoms with Gasteiger partial charge in [0.25, 0.3) is 0 Å². The third kappa shape index (κ3) is 4.16. The van der Waals surface area contributed by atoms with E-state index in [-0.39, 0.29) is 5.91 Å². The molecule has 1 amide bonds. The third-order valence-electron chi connectivity index (χ3n) is 3.14. The van der Waals surface area contributed by atoms with Gasteiger partial charge in [0.1, 0.15) is 5.75 Å². The number of aryl methyl sites for hydroxylation is 1. The predicted molar refractivity (Wildman–Crippen MR) is 91.6 cm³/mol. The number of anilines is 2. The maximum atomic E-state index is 11.2. The number of nitrogens with two attached hydrogens (primary N) is 1. The smallest absolute Gasteiger partial charge is 0.247 e. The fourth-order valence-corrected chi connectivity index (χ4v) is 1.90. The molecule has 0 aliphatic heterocycles. The summed E-state index contributed by atoms with van der Waals surface area (Å²) in [4.78, 5) is 11.2. The van der Waals surface area contributed by atoms with Gasteiger partial charge in [-0.3, -0.25) is 4.79 Å². The molecule has 3 N–H and O–H groups in total. The number of nitrogens with one attached hydrogen (secondary N) is 1. The van der Waals surface area contributed by atoms with Crippen LogP contribution in [0.2, 0.25) is 0 Å². The van der Waals surface area contributed by atoms with Gasteiger partial charge in [0.05, 0.1) is 24.2 Å². The average molecular weight is 310 g/mol. The Morgan fingerprint density at radius 2 is 1.96 bits per heavy atom. The zero-order chi connectivity index (χ0) is 16.8. The van der Waals surface area contributed by atoms with Gasteiger partial charge in [0, 0.05) is 11.8 Å². The SMILES string of the molecule is C=CC(=O)Nc1ccc(N=Nc2cc(OC)c(N)cc2C)cc1. The molecule has 6 nitrogen and oxygen atoms in total. The van der Waals surface area contributed by atoms with Gasteiger partial charge in [0.15, 0.2) is 0 Å². The van der Waals surface area contributed by atoms with Crippen LogP contribution in [0.3, 0.4) is 0 Å². The molecule has 0 radical (unpaired) electrons. The Balaban J connectivity index is 2.17. The Morgan fingerprint density at radius 1 is 1.26 bits per heavy atom. The van der Waals surface area contributed by atoms with Crippen LogP contribution in [-0.2, 0) is 4.79 Å². The molecule has 0 unspecified atom stereocenters. The lowest BCUT2D eigenvalue weighted by Crippen LogP contribution is -2.06. The van der Waals surface area contributed by atoms with E-state index in [0.29, 0.717) is 28.5 Å². The van der Waals surface area contributed by atoms with E-state index < -0.39 is 0 Å². The van der Waals surface area contributed by atoms with Crippen LogP contribution in [0.15, 0.2) is 59.3 Å². The number of carbonyl (C=O) groups is 1. The predicted octanol–water partition coefficient (Wildman–Crippen LogP) is 4.13. The molecule has 0 atom stereocenters. The minimum absolute atomic E-state index is 0.260. The van der Waals surface area contributed by atoms with E-state index in [0.717, 1.165) is 5.56 Å². The molecule has 2 aromatic rings. The molecular formula is C17H18N4O2. The lowest BCUT2D eigenvalue weighted by Gasteiger charge is -2.07. The van der Waals surface area contributed by atoms with Crippen molar-refractivity contribution >= 4 is 28.7 Å². The normalized spacial score (nSPS) is 10.5. The highest BCUT2D eigenvalue weighted by Crippen LogP contribution is 2.31. The second-order valence-electron chi connectivity index (χ2n) is 4.82. The highest BCUT2D eigenvalue weighted by molar-refractivity contribution is 5.98. The zero-order valence-electron chi connectivity index (χ0n) is 13.0. The first-order chi connectivity index (χ1) is 11.0. The zero-order valence-corrected chi connectivity index (χ0v) is 13.0. The van der Waals surface area contributed by atoms with Gasteiger partial charge >= 0.3 is 0 Å². The Kier molecular flexibility index (Phi) is 5.09. The largest absolute Gasteiger partial charge is 0.495 e. The van der Waals surface area contributed by atoms with Crippen molar-refractivity contribution in [1.82, 2.24) is 0 Å². The summed E-state index contributed by atoms with van der Waals surface area (Å²) in [6.45, 7) is 5.30. The molecule has 0 saturated carbocycles. The number of nitrogens with zero attached hydrogens (tertiary/aromatic N) is 2. The number of amides is 1. The van der Waals surface area contributed by atoms with E-state index >= 15 is 0 Å². The molecule has 6 heteroatoms. The topological polar surface area (TPSA) is 89.1 Å². The highest BCUT2D eigenvalue weighted by atomic mass is 16.5. The summed E-state index contributed by atoms with van der Waals surface area (Å²) in [6, 6.07) is 10.5. The molecule has 2 rings (SSSR count). The van der Waals surface area contributed by atoms with Gasteiger partial charge in [-0.05, 0) is 48.9 Å². The molecule has 118 valence electrons. The number of benzene rings is 2. The van der Waals surface area contributed by atoms with Crippen molar-refractivity contribution in [3.63, 3.8) is 0 Å². The first-order valence-corrected chi connectivity index (χ1v) is 6.93. The first kappa shape index (κ1) is 16.2. The lowest BCUT2D eigenvalue weighted by atomic mass is 10.1. The maximum Gasteiger partial charge on any atom is 0.247 e. The van der Waals surface area contributed by atoms with Crippen LogP contribution in [0.4, 0.5) is 22.7 Å². The fourth-order valence-electron chi connectivity index (χ4n) is 1.90. The van der Waals surface area contributed by atoms with Crippen molar-refractivity contribution in [2.24, 2.45) is 10.2 Å². The minimum Gasteiger partial charge on any atom is -0.495 e. The number of methoxy groups -OCH3 is 1. The van der Waals surface area contributed by atoms with E-state index in [2.05, 4.69) is 22.1 Å². The van der Waals surface area contributed by atoms with E-state index in [1.165, 1.54) is 6.08 Å². The number of ether oxygens (including phenoxy) is 1. The van der Waals surface area contributed by atoms with E-state index in [1.54, 1.807) is 43.5 Å². The molecule has 0 aliphatic carbocycles. The van der Waals surface area contributed by atoms with Crippen molar-refractivity contribution in [3.05, 3.63) is 54.6 Å². The summed E-state index contributed by atoms with van der Waals surface area (Å²) >= 11 is 0. The number of hydrogen-bond acceptors (Lipinski definition) is 5. The number of hydrogen-bond donors (Lipinski definition) is 2. The van der Waals surface area contributed by atoms with Gasteiger partial charge < -0.3 is 15.8 Å². The molecule has 0 aromatic heterocycles. The Labute approximate surface area is 134 Å². The van der Waals surface area contributed by atoms with Crippen molar-refractivity contribution < 1.29 is 9.53 Å². The summed E-state index contributed by atoms with van der Waals surface area (Å²) in [7, 11) is 1.55. The second kappa shape index (κ2) is 7.22. The molecule has 23 heavy (non-hydrogen) atoms. The van der Waals surface area contributed by atoms with Crippen LogP contribution in [-0.4, -0.2) is 13.0 Å². The molecule has 0 bridgehead atoms. The molecular weight excluding hydrogens is 292 g/mol. The van der Waals surface area contributed by atoms with Crippen molar-refractivity contribution in [2.75, 3.05) is 18.2 Å². The van der Waals surface area contributed by atoms with Gasteiger partial charge in [-0.15, -0.1) is 0 Å².